The van der Waals surface area contributed by atoms with Crippen LogP contribution in [0.1, 0.15) is 12.5 Å². The van der Waals surface area contributed by atoms with Crippen LogP contribution < -0.4 is 4.90 Å². The van der Waals surface area contributed by atoms with Crippen LogP contribution in [0.25, 0.3) is 39.3 Å². The van der Waals surface area contributed by atoms with Crippen LogP contribution in [0.2, 0.25) is 0 Å². The monoisotopic (exact) mass is 428 g/mol. The van der Waals surface area contributed by atoms with Gasteiger partial charge in [-0.3, -0.25) is 9.25 Å². The molecule has 1 atom stereocenters. The van der Waals surface area contributed by atoms with Gasteiger partial charge < -0.3 is 14.6 Å². The molecule has 6 rings (SSSR count). The predicted octanol–water partition coefficient (Wildman–Crippen LogP) is 3.23. The predicted molar refractivity (Wildman–Crippen MR) is 123 cm³/mol. The van der Waals surface area contributed by atoms with Crippen molar-refractivity contribution in [2.75, 3.05) is 24.7 Å². The fraction of sp³-hybridized carbons (Fsp3) is 0.304. The maximum Gasteiger partial charge on any atom is 0.164 e. The number of morpholine rings is 1. The Morgan fingerprint density at radius 2 is 2.06 bits per heavy atom. The lowest BCUT2D eigenvalue weighted by Crippen LogP contribution is -2.44. The van der Waals surface area contributed by atoms with Gasteiger partial charge in [0.25, 0.3) is 0 Å². The maximum atomic E-state index is 5.69. The van der Waals surface area contributed by atoms with Gasteiger partial charge in [-0.2, -0.15) is 5.10 Å². The van der Waals surface area contributed by atoms with Crippen molar-refractivity contribution in [2.24, 2.45) is 7.05 Å². The largest absolute Gasteiger partial charge is 0.377 e. The van der Waals surface area contributed by atoms with Crippen LogP contribution in [-0.4, -0.2) is 60.1 Å². The zero-order valence-electron chi connectivity index (χ0n) is 18.3. The number of nitrogens with one attached hydrogen (secondary N) is 1. The number of hydrogen-bond donors (Lipinski definition) is 1. The van der Waals surface area contributed by atoms with Gasteiger partial charge in [0, 0.05) is 48.7 Å². The number of ether oxygens (including phenoxy) is 1. The Morgan fingerprint density at radius 3 is 2.88 bits per heavy atom. The Bertz CT molecular complexity index is 1430. The molecule has 5 aromatic heterocycles. The topological polar surface area (TPSA) is 89.7 Å². The molecule has 1 fully saturated rings. The third-order valence-electron chi connectivity index (χ3n) is 6.18. The minimum Gasteiger partial charge on any atom is -0.377 e. The van der Waals surface area contributed by atoms with Crippen LogP contribution in [0.5, 0.6) is 0 Å². The van der Waals surface area contributed by atoms with E-state index in [9.17, 15) is 0 Å². The highest BCUT2D eigenvalue weighted by atomic mass is 16.5. The molecule has 0 spiro atoms. The van der Waals surface area contributed by atoms with Gasteiger partial charge in [-0.25, -0.2) is 15.0 Å². The smallest absolute Gasteiger partial charge is 0.164 e. The summed E-state index contributed by atoms with van der Waals surface area (Å²) in [6.45, 7) is 6.39. The highest BCUT2D eigenvalue weighted by Gasteiger charge is 2.26. The van der Waals surface area contributed by atoms with Crippen LogP contribution in [0.4, 0.5) is 5.82 Å². The minimum atomic E-state index is 0.223. The fourth-order valence-electron chi connectivity index (χ4n) is 4.59. The molecule has 1 aliphatic rings. The highest BCUT2D eigenvalue weighted by Crippen LogP contribution is 2.33. The van der Waals surface area contributed by atoms with Gasteiger partial charge in [-0.1, -0.05) is 0 Å². The first-order valence-corrected chi connectivity index (χ1v) is 10.8. The van der Waals surface area contributed by atoms with E-state index in [1.807, 2.05) is 36.3 Å². The second-order valence-corrected chi connectivity index (χ2v) is 8.28. The lowest BCUT2D eigenvalue weighted by Gasteiger charge is -2.34. The molecule has 0 saturated carbocycles. The summed E-state index contributed by atoms with van der Waals surface area (Å²) in [6, 6.07) is 6.32. The number of anilines is 1. The van der Waals surface area contributed by atoms with E-state index in [0.717, 1.165) is 51.4 Å². The van der Waals surface area contributed by atoms with Crippen LogP contribution >= 0.6 is 0 Å². The standard InChI is InChI=1S/C23H24N8O/c1-14-12-26-29(3)23(14)31-9-6-18-21(30-10-11-32-13-15(30)2)27-20(28-22(18)31)17-5-8-25-19-16(17)4-7-24-19/h4-9,12,15H,10-11,13H2,1-3H3,(H,24,25)/t15-/m1/s1. The van der Waals surface area contributed by atoms with Crippen molar-refractivity contribution < 1.29 is 4.74 Å². The molecule has 0 amide bonds. The Kier molecular flexibility index (Phi) is 4.25. The lowest BCUT2D eigenvalue weighted by molar-refractivity contribution is 0.0987. The molecule has 9 nitrogen and oxygen atoms in total. The molecule has 6 heterocycles. The summed E-state index contributed by atoms with van der Waals surface area (Å²) in [7, 11) is 1.95. The third-order valence-corrected chi connectivity index (χ3v) is 6.18. The average molecular weight is 429 g/mol. The molecule has 0 unspecified atom stereocenters. The summed E-state index contributed by atoms with van der Waals surface area (Å²) in [6.07, 6.45) is 7.62. The van der Waals surface area contributed by atoms with Gasteiger partial charge >= 0.3 is 0 Å². The van der Waals surface area contributed by atoms with Crippen molar-refractivity contribution in [3.63, 3.8) is 0 Å². The first kappa shape index (κ1) is 19.0. The van der Waals surface area contributed by atoms with E-state index in [4.69, 9.17) is 14.7 Å². The summed E-state index contributed by atoms with van der Waals surface area (Å²) in [5, 5.41) is 6.45. The average Bonchev–Trinajstić information content (AvgIpc) is 3.52. The molecule has 1 N–H and O–H groups in total. The summed E-state index contributed by atoms with van der Waals surface area (Å²) >= 11 is 0. The molecule has 0 aliphatic carbocycles. The van der Waals surface area contributed by atoms with Gasteiger partial charge in [-0.05, 0) is 32.0 Å². The van der Waals surface area contributed by atoms with Crippen molar-refractivity contribution >= 4 is 27.9 Å². The number of aryl methyl sites for hydroxylation is 2. The Balaban J connectivity index is 1.65. The van der Waals surface area contributed by atoms with Crippen LogP contribution in [0.15, 0.2) is 43.0 Å². The highest BCUT2D eigenvalue weighted by molar-refractivity contribution is 5.95. The molecular formula is C23H24N8O. The summed E-state index contributed by atoms with van der Waals surface area (Å²) in [5.74, 6) is 2.60. The zero-order valence-corrected chi connectivity index (χ0v) is 18.3. The van der Waals surface area contributed by atoms with E-state index in [2.05, 4.69) is 50.6 Å². The number of pyridine rings is 1. The van der Waals surface area contributed by atoms with Crippen molar-refractivity contribution in [3.8, 4) is 17.2 Å². The van der Waals surface area contributed by atoms with Crippen molar-refractivity contribution in [3.05, 3.63) is 48.5 Å². The molecule has 1 saturated heterocycles. The second kappa shape index (κ2) is 7.16. The quantitative estimate of drug-likeness (QED) is 0.475. The molecule has 1 aliphatic heterocycles. The number of aromatic nitrogens is 7. The lowest BCUT2D eigenvalue weighted by atomic mass is 10.1. The van der Waals surface area contributed by atoms with Crippen LogP contribution in [0.3, 0.4) is 0 Å². The van der Waals surface area contributed by atoms with E-state index in [1.54, 1.807) is 6.20 Å². The van der Waals surface area contributed by atoms with E-state index >= 15 is 0 Å². The summed E-state index contributed by atoms with van der Waals surface area (Å²) in [5.41, 5.74) is 3.72. The molecule has 162 valence electrons. The molecule has 0 aromatic carbocycles. The number of H-pyrrole nitrogens is 1. The number of fused-ring (bicyclic) bond motifs is 2. The zero-order chi connectivity index (χ0) is 21.8. The SMILES string of the molecule is Cc1cnn(C)c1-n1ccc2c(N3CCOC[C@H]3C)nc(-c3ccnc4[nH]ccc34)nc21. The minimum absolute atomic E-state index is 0.223. The summed E-state index contributed by atoms with van der Waals surface area (Å²) < 4.78 is 9.67. The Morgan fingerprint density at radius 1 is 1.16 bits per heavy atom. The van der Waals surface area contributed by atoms with Crippen molar-refractivity contribution in [1.29, 1.82) is 0 Å². The van der Waals surface area contributed by atoms with Crippen LogP contribution in [0, 0.1) is 6.92 Å². The Labute approximate surface area is 184 Å². The van der Waals surface area contributed by atoms with Crippen LogP contribution in [-0.2, 0) is 11.8 Å². The number of hydrogen-bond acceptors (Lipinski definition) is 6. The van der Waals surface area contributed by atoms with Gasteiger partial charge in [0.05, 0.1) is 30.8 Å². The molecule has 5 aromatic rings. The van der Waals surface area contributed by atoms with E-state index < -0.39 is 0 Å². The van der Waals surface area contributed by atoms with E-state index in [0.29, 0.717) is 19.0 Å². The van der Waals surface area contributed by atoms with Crippen molar-refractivity contribution in [1.82, 2.24) is 34.3 Å². The first-order chi connectivity index (χ1) is 15.6. The maximum absolute atomic E-state index is 5.69. The van der Waals surface area contributed by atoms with Gasteiger partial charge in [0.2, 0.25) is 0 Å². The van der Waals surface area contributed by atoms with E-state index in [-0.39, 0.29) is 6.04 Å². The second-order valence-electron chi connectivity index (χ2n) is 8.28. The number of nitrogens with zero attached hydrogens (tertiary/aromatic N) is 7. The van der Waals surface area contributed by atoms with Gasteiger partial charge in [-0.15, -0.1) is 0 Å². The molecule has 0 bridgehead atoms. The summed E-state index contributed by atoms with van der Waals surface area (Å²) in [4.78, 5) is 20.1. The van der Waals surface area contributed by atoms with E-state index in [1.165, 1.54) is 0 Å². The normalized spacial score (nSPS) is 17.0. The van der Waals surface area contributed by atoms with Gasteiger partial charge in [0.1, 0.15) is 17.3 Å². The fourth-order valence-corrected chi connectivity index (χ4v) is 4.59. The molecular weight excluding hydrogens is 404 g/mol. The first-order valence-electron chi connectivity index (χ1n) is 10.8. The number of aromatic amines is 1. The van der Waals surface area contributed by atoms with Gasteiger partial charge in [0.15, 0.2) is 11.5 Å². The number of rotatable bonds is 3. The molecule has 0 radical (unpaired) electrons. The third kappa shape index (κ3) is 2.81. The molecule has 32 heavy (non-hydrogen) atoms. The molecule has 9 heteroatoms. The van der Waals surface area contributed by atoms with Crippen molar-refractivity contribution in [2.45, 2.75) is 19.9 Å². The Hall–Kier alpha value is -3.72.